The molecule has 3 nitrogen and oxygen atoms in total. The number of para-hydroxylation sites is 1. The van der Waals surface area contributed by atoms with Crippen molar-refractivity contribution >= 4 is 10.9 Å². The highest BCUT2D eigenvalue weighted by Crippen LogP contribution is 2.30. The largest absolute Gasteiger partial charge is 0.321 e. The topological polar surface area (TPSA) is 45.8 Å². The van der Waals surface area contributed by atoms with Gasteiger partial charge in [0.2, 0.25) is 0 Å². The predicted octanol–water partition coefficient (Wildman–Crippen LogP) is 6.23. The molecule has 0 atom stereocenters. The zero-order chi connectivity index (χ0) is 20.5. The fraction of sp³-hybridized carbons (Fsp3) is 0.0370. The van der Waals surface area contributed by atoms with Gasteiger partial charge in [-0.05, 0) is 42.1 Å². The fourth-order valence-corrected chi connectivity index (χ4v) is 3.68. The first kappa shape index (κ1) is 18.1. The van der Waals surface area contributed by atoms with Crippen molar-refractivity contribution in [1.82, 2.24) is 9.97 Å². The van der Waals surface area contributed by atoms with E-state index < -0.39 is 0 Å². The Kier molecular flexibility index (Phi) is 4.49. The summed E-state index contributed by atoms with van der Waals surface area (Å²) in [6.07, 6.45) is 0. The number of H-pyrrole nitrogens is 1. The summed E-state index contributed by atoms with van der Waals surface area (Å²) in [4.78, 5) is 20.8. The summed E-state index contributed by atoms with van der Waals surface area (Å²) < 4.78 is 0. The number of hydrogen-bond acceptors (Lipinski definition) is 2. The van der Waals surface area contributed by atoms with Crippen LogP contribution in [-0.4, -0.2) is 9.97 Å². The molecule has 0 unspecified atom stereocenters. The van der Waals surface area contributed by atoms with Crippen LogP contribution < -0.4 is 5.56 Å². The molecule has 2 heterocycles. The van der Waals surface area contributed by atoms with Gasteiger partial charge in [0.15, 0.2) is 0 Å². The van der Waals surface area contributed by atoms with E-state index in [0.29, 0.717) is 5.56 Å². The van der Waals surface area contributed by atoms with Crippen LogP contribution in [0.25, 0.3) is 44.5 Å². The van der Waals surface area contributed by atoms with Gasteiger partial charge in [-0.1, -0.05) is 78.4 Å². The Hall–Kier alpha value is -3.98. The number of hydrogen-bond donors (Lipinski definition) is 1. The van der Waals surface area contributed by atoms with E-state index in [1.54, 1.807) is 0 Å². The number of benzene rings is 3. The van der Waals surface area contributed by atoms with Crippen molar-refractivity contribution in [2.24, 2.45) is 0 Å². The fourth-order valence-electron chi connectivity index (χ4n) is 3.68. The van der Waals surface area contributed by atoms with Gasteiger partial charge in [0, 0.05) is 22.2 Å². The Morgan fingerprint density at radius 1 is 0.667 bits per heavy atom. The maximum atomic E-state index is 12.9. The van der Waals surface area contributed by atoms with Gasteiger partial charge in [0.1, 0.15) is 0 Å². The van der Waals surface area contributed by atoms with Gasteiger partial charge in [0.05, 0.1) is 11.4 Å². The minimum Gasteiger partial charge on any atom is -0.321 e. The van der Waals surface area contributed by atoms with E-state index >= 15 is 0 Å². The number of nitrogens with zero attached hydrogens (tertiary/aromatic N) is 1. The normalized spacial score (nSPS) is 11.0. The van der Waals surface area contributed by atoms with Crippen LogP contribution in [-0.2, 0) is 0 Å². The SMILES string of the molecule is Cc1ccc(-c2cc(-c3cc4ccccc4[nH]c3=O)cc(-c3ccccc3)n2)cc1. The number of nitrogens with one attached hydrogen (secondary N) is 1. The van der Waals surface area contributed by atoms with Crippen LogP contribution in [0.15, 0.2) is 102 Å². The Balaban J connectivity index is 1.75. The first-order chi connectivity index (χ1) is 14.7. The Labute approximate surface area is 174 Å². The molecule has 3 heteroatoms. The van der Waals surface area contributed by atoms with Gasteiger partial charge in [-0.15, -0.1) is 0 Å². The third kappa shape index (κ3) is 3.42. The molecule has 1 N–H and O–H groups in total. The second kappa shape index (κ2) is 7.45. The number of aromatic nitrogens is 2. The van der Waals surface area contributed by atoms with Gasteiger partial charge in [-0.2, -0.15) is 0 Å². The molecule has 0 saturated carbocycles. The number of aromatic amines is 1. The number of pyridine rings is 2. The lowest BCUT2D eigenvalue weighted by Crippen LogP contribution is -2.09. The lowest BCUT2D eigenvalue weighted by Gasteiger charge is -2.11. The molecule has 2 aromatic heterocycles. The van der Waals surface area contributed by atoms with Crippen molar-refractivity contribution in [1.29, 1.82) is 0 Å². The second-order valence-corrected chi connectivity index (χ2v) is 7.46. The van der Waals surface area contributed by atoms with Crippen LogP contribution in [0.2, 0.25) is 0 Å². The lowest BCUT2D eigenvalue weighted by atomic mass is 9.99. The molecule has 30 heavy (non-hydrogen) atoms. The summed E-state index contributed by atoms with van der Waals surface area (Å²) >= 11 is 0. The molecule has 0 aliphatic heterocycles. The molecule has 0 aliphatic carbocycles. The maximum absolute atomic E-state index is 12.9. The molecule has 5 aromatic rings. The lowest BCUT2D eigenvalue weighted by molar-refractivity contribution is 1.28. The van der Waals surface area contributed by atoms with Crippen molar-refractivity contribution < 1.29 is 0 Å². The van der Waals surface area contributed by atoms with Crippen molar-refractivity contribution in [2.45, 2.75) is 6.92 Å². The van der Waals surface area contributed by atoms with Crippen LogP contribution in [0.4, 0.5) is 0 Å². The van der Waals surface area contributed by atoms with Crippen LogP contribution in [0.5, 0.6) is 0 Å². The van der Waals surface area contributed by atoms with Crippen LogP contribution in [0.1, 0.15) is 5.56 Å². The summed E-state index contributed by atoms with van der Waals surface area (Å²) in [5.41, 5.74) is 7.16. The Morgan fingerprint density at radius 3 is 2.03 bits per heavy atom. The summed E-state index contributed by atoms with van der Waals surface area (Å²) in [5, 5.41) is 1.00. The third-order valence-corrected chi connectivity index (χ3v) is 5.31. The van der Waals surface area contributed by atoms with Crippen molar-refractivity contribution in [2.75, 3.05) is 0 Å². The molecule has 0 fully saturated rings. The molecular weight excluding hydrogens is 368 g/mol. The van der Waals surface area contributed by atoms with Gasteiger partial charge < -0.3 is 4.98 Å². The van der Waals surface area contributed by atoms with Crippen molar-refractivity contribution in [3.8, 4) is 33.6 Å². The summed E-state index contributed by atoms with van der Waals surface area (Å²) in [5.74, 6) is 0. The minimum atomic E-state index is -0.103. The van der Waals surface area contributed by atoms with Crippen LogP contribution in [0.3, 0.4) is 0 Å². The average Bonchev–Trinajstić information content (AvgIpc) is 2.79. The van der Waals surface area contributed by atoms with Crippen LogP contribution >= 0.6 is 0 Å². The Morgan fingerprint density at radius 2 is 1.30 bits per heavy atom. The molecule has 0 aliphatic rings. The smallest absolute Gasteiger partial charge is 0.256 e. The number of fused-ring (bicyclic) bond motifs is 1. The average molecular weight is 388 g/mol. The number of rotatable bonds is 3. The highest BCUT2D eigenvalue weighted by Gasteiger charge is 2.12. The van der Waals surface area contributed by atoms with Gasteiger partial charge in [-0.3, -0.25) is 4.79 Å². The Bertz CT molecular complexity index is 1400. The van der Waals surface area contributed by atoms with E-state index in [-0.39, 0.29) is 5.56 Å². The van der Waals surface area contributed by atoms with E-state index in [2.05, 4.69) is 36.2 Å². The zero-order valence-corrected chi connectivity index (χ0v) is 16.6. The van der Waals surface area contributed by atoms with Crippen LogP contribution in [0, 0.1) is 6.92 Å². The van der Waals surface area contributed by atoms with Gasteiger partial charge in [-0.25, -0.2) is 4.98 Å². The molecule has 3 aromatic carbocycles. The molecule has 0 bridgehead atoms. The molecule has 0 radical (unpaired) electrons. The highest BCUT2D eigenvalue weighted by molar-refractivity contribution is 5.85. The standard InChI is InChI=1S/C27H20N2O/c1-18-11-13-20(14-12-18)26-17-22(16-25(28-26)19-7-3-2-4-8-19)23-15-21-9-5-6-10-24(21)29-27(23)30/h2-17H,1H3,(H,29,30). The van der Waals surface area contributed by atoms with E-state index in [1.165, 1.54) is 5.56 Å². The van der Waals surface area contributed by atoms with E-state index in [9.17, 15) is 4.79 Å². The highest BCUT2D eigenvalue weighted by atomic mass is 16.1. The zero-order valence-electron chi connectivity index (χ0n) is 16.6. The summed E-state index contributed by atoms with van der Waals surface area (Å²) in [6, 6.07) is 32.1. The van der Waals surface area contributed by atoms with E-state index in [1.807, 2.05) is 72.8 Å². The molecule has 0 saturated heterocycles. The van der Waals surface area contributed by atoms with E-state index in [0.717, 1.165) is 39.0 Å². The molecule has 5 rings (SSSR count). The minimum absolute atomic E-state index is 0.103. The van der Waals surface area contributed by atoms with Crippen molar-refractivity contribution in [3.63, 3.8) is 0 Å². The first-order valence-corrected chi connectivity index (χ1v) is 9.94. The number of aryl methyl sites for hydroxylation is 1. The van der Waals surface area contributed by atoms with Gasteiger partial charge in [0.25, 0.3) is 5.56 Å². The molecular formula is C27H20N2O. The monoisotopic (exact) mass is 388 g/mol. The van der Waals surface area contributed by atoms with Gasteiger partial charge >= 0.3 is 0 Å². The van der Waals surface area contributed by atoms with Crippen molar-refractivity contribution in [3.05, 3.63) is 113 Å². The van der Waals surface area contributed by atoms with E-state index in [4.69, 9.17) is 4.98 Å². The summed E-state index contributed by atoms with van der Waals surface area (Å²) in [6.45, 7) is 2.07. The second-order valence-electron chi connectivity index (χ2n) is 7.46. The first-order valence-electron chi connectivity index (χ1n) is 9.94. The molecule has 144 valence electrons. The summed E-state index contributed by atoms with van der Waals surface area (Å²) in [7, 11) is 0. The molecule has 0 spiro atoms. The molecule has 0 amide bonds. The quantitative estimate of drug-likeness (QED) is 0.398. The predicted molar refractivity (Wildman–Crippen MR) is 123 cm³/mol. The third-order valence-electron chi connectivity index (χ3n) is 5.31. The maximum Gasteiger partial charge on any atom is 0.256 e.